The maximum absolute atomic E-state index is 12.1. The molecule has 0 bridgehead atoms. The van der Waals surface area contributed by atoms with Gasteiger partial charge in [0.1, 0.15) is 0 Å². The second-order valence-electron chi connectivity index (χ2n) is 4.89. The lowest BCUT2D eigenvalue weighted by molar-refractivity contribution is -0.132. The van der Waals surface area contributed by atoms with Gasteiger partial charge in [-0.15, -0.1) is 0 Å². The number of ether oxygens (including phenoxy) is 1. The van der Waals surface area contributed by atoms with E-state index in [4.69, 9.17) is 4.74 Å². The number of carbonyl (C=O) groups is 2. The van der Waals surface area contributed by atoms with E-state index in [2.05, 4.69) is 4.98 Å². The van der Waals surface area contributed by atoms with Crippen LogP contribution in [0.2, 0.25) is 0 Å². The Bertz CT molecular complexity index is 470. The molecule has 2 heterocycles. The summed E-state index contributed by atoms with van der Waals surface area (Å²) < 4.78 is 4.96. The number of rotatable bonds is 4. The number of piperazine rings is 1. The Kier molecular flexibility index (Phi) is 5.54. The first kappa shape index (κ1) is 15.3. The molecule has 1 aliphatic rings. The highest BCUT2D eigenvalue weighted by Crippen LogP contribution is 2.07. The molecule has 1 fully saturated rings. The summed E-state index contributed by atoms with van der Waals surface area (Å²) in [6.07, 6.45) is 2.55. The van der Waals surface area contributed by atoms with E-state index in [1.165, 1.54) is 0 Å². The minimum Gasteiger partial charge on any atom is -0.450 e. The Morgan fingerprint density at radius 1 is 1.19 bits per heavy atom. The number of aryl methyl sites for hydroxylation is 1. The summed E-state index contributed by atoms with van der Waals surface area (Å²) in [5.74, 6) is 0.115. The van der Waals surface area contributed by atoms with Crippen LogP contribution in [-0.2, 0) is 16.0 Å². The predicted molar refractivity (Wildman–Crippen MR) is 77.7 cm³/mol. The van der Waals surface area contributed by atoms with E-state index in [1.54, 1.807) is 22.9 Å². The molecule has 0 N–H and O–H groups in total. The number of nitrogens with zero attached hydrogens (tertiary/aromatic N) is 3. The van der Waals surface area contributed by atoms with Gasteiger partial charge in [0.15, 0.2) is 0 Å². The smallest absolute Gasteiger partial charge is 0.409 e. The second kappa shape index (κ2) is 7.61. The van der Waals surface area contributed by atoms with Crippen LogP contribution >= 0.6 is 0 Å². The van der Waals surface area contributed by atoms with Crippen molar-refractivity contribution in [2.75, 3.05) is 32.8 Å². The minimum absolute atomic E-state index is 0.115. The van der Waals surface area contributed by atoms with Crippen LogP contribution in [0.1, 0.15) is 19.0 Å². The van der Waals surface area contributed by atoms with Gasteiger partial charge in [0, 0.05) is 44.5 Å². The van der Waals surface area contributed by atoms with Crippen LogP contribution < -0.4 is 0 Å². The van der Waals surface area contributed by atoms with Crippen LogP contribution in [-0.4, -0.2) is 59.6 Å². The van der Waals surface area contributed by atoms with Gasteiger partial charge in [0.25, 0.3) is 0 Å². The van der Waals surface area contributed by atoms with Crippen molar-refractivity contribution in [3.8, 4) is 0 Å². The van der Waals surface area contributed by atoms with Crippen LogP contribution in [0, 0.1) is 0 Å². The molecule has 2 rings (SSSR count). The van der Waals surface area contributed by atoms with Gasteiger partial charge in [-0.2, -0.15) is 0 Å². The molecular weight excluding hydrogens is 270 g/mol. The first-order chi connectivity index (χ1) is 10.2. The number of carbonyl (C=O) groups excluding carboxylic acids is 2. The fourth-order valence-corrected chi connectivity index (χ4v) is 2.29. The molecule has 0 radical (unpaired) electrons. The fraction of sp³-hybridized carbons (Fsp3) is 0.533. The lowest BCUT2D eigenvalue weighted by Crippen LogP contribution is -2.50. The summed E-state index contributed by atoms with van der Waals surface area (Å²) in [6.45, 7) is 4.37. The standard InChI is InChI=1S/C15H21N3O3/c1-2-21-15(20)18-11-9-17(10-12-18)14(19)7-6-13-5-3-4-8-16-13/h3-5,8H,2,6-7,9-12H2,1H3. The first-order valence-electron chi connectivity index (χ1n) is 7.30. The SMILES string of the molecule is CCOC(=O)N1CCN(C(=O)CCc2ccccn2)CC1. The molecule has 0 aromatic carbocycles. The highest BCUT2D eigenvalue weighted by molar-refractivity contribution is 5.77. The monoisotopic (exact) mass is 291 g/mol. The molecule has 0 saturated carbocycles. The van der Waals surface area contributed by atoms with Crippen molar-refractivity contribution in [1.82, 2.24) is 14.8 Å². The summed E-state index contributed by atoms with van der Waals surface area (Å²) in [5.41, 5.74) is 0.927. The predicted octanol–water partition coefficient (Wildman–Crippen LogP) is 1.31. The van der Waals surface area contributed by atoms with Crippen LogP contribution in [0.25, 0.3) is 0 Å². The average Bonchev–Trinajstić information content (AvgIpc) is 2.54. The van der Waals surface area contributed by atoms with Gasteiger partial charge in [-0.3, -0.25) is 9.78 Å². The zero-order valence-electron chi connectivity index (χ0n) is 12.3. The van der Waals surface area contributed by atoms with Crippen molar-refractivity contribution in [1.29, 1.82) is 0 Å². The normalized spacial score (nSPS) is 14.9. The molecule has 0 unspecified atom stereocenters. The third-order valence-electron chi connectivity index (χ3n) is 3.48. The zero-order chi connectivity index (χ0) is 15.1. The largest absolute Gasteiger partial charge is 0.450 e. The van der Waals surface area contributed by atoms with Crippen LogP contribution in [0.4, 0.5) is 4.79 Å². The van der Waals surface area contributed by atoms with Crippen molar-refractivity contribution in [3.63, 3.8) is 0 Å². The van der Waals surface area contributed by atoms with Gasteiger partial charge in [0.2, 0.25) is 5.91 Å². The van der Waals surface area contributed by atoms with Crippen molar-refractivity contribution < 1.29 is 14.3 Å². The Morgan fingerprint density at radius 2 is 1.90 bits per heavy atom. The Hall–Kier alpha value is -2.11. The number of amides is 2. The van der Waals surface area contributed by atoms with Crippen molar-refractivity contribution >= 4 is 12.0 Å². The molecule has 6 nitrogen and oxygen atoms in total. The summed E-state index contributed by atoms with van der Waals surface area (Å²) >= 11 is 0. The summed E-state index contributed by atoms with van der Waals surface area (Å²) in [5, 5.41) is 0. The molecule has 6 heteroatoms. The molecule has 114 valence electrons. The van der Waals surface area contributed by atoms with Gasteiger partial charge >= 0.3 is 6.09 Å². The van der Waals surface area contributed by atoms with E-state index >= 15 is 0 Å². The van der Waals surface area contributed by atoms with Gasteiger partial charge in [-0.05, 0) is 25.5 Å². The molecule has 1 aromatic rings. The quantitative estimate of drug-likeness (QED) is 0.839. The van der Waals surface area contributed by atoms with Crippen LogP contribution in [0.3, 0.4) is 0 Å². The second-order valence-corrected chi connectivity index (χ2v) is 4.89. The molecule has 21 heavy (non-hydrogen) atoms. The lowest BCUT2D eigenvalue weighted by Gasteiger charge is -2.34. The zero-order valence-corrected chi connectivity index (χ0v) is 12.3. The van der Waals surface area contributed by atoms with E-state index in [-0.39, 0.29) is 12.0 Å². The number of aromatic nitrogens is 1. The lowest BCUT2D eigenvalue weighted by atomic mass is 10.2. The Labute approximate surface area is 124 Å². The molecule has 1 aliphatic heterocycles. The van der Waals surface area contributed by atoms with Gasteiger partial charge in [-0.1, -0.05) is 6.07 Å². The van der Waals surface area contributed by atoms with Gasteiger partial charge in [0.05, 0.1) is 6.61 Å². The number of hydrogen-bond donors (Lipinski definition) is 0. The summed E-state index contributed by atoms with van der Waals surface area (Å²) in [4.78, 5) is 31.4. The highest BCUT2D eigenvalue weighted by atomic mass is 16.6. The summed E-state index contributed by atoms with van der Waals surface area (Å²) in [6, 6.07) is 5.71. The average molecular weight is 291 g/mol. The van der Waals surface area contributed by atoms with Gasteiger partial charge in [-0.25, -0.2) is 4.79 Å². The minimum atomic E-state index is -0.293. The van der Waals surface area contributed by atoms with Crippen molar-refractivity contribution in [2.24, 2.45) is 0 Å². The highest BCUT2D eigenvalue weighted by Gasteiger charge is 2.24. The fourth-order valence-electron chi connectivity index (χ4n) is 2.29. The topological polar surface area (TPSA) is 62.7 Å². The van der Waals surface area contributed by atoms with Crippen LogP contribution in [0.5, 0.6) is 0 Å². The maximum Gasteiger partial charge on any atom is 0.409 e. The molecule has 0 atom stereocenters. The molecule has 1 aromatic heterocycles. The van der Waals surface area contributed by atoms with Crippen molar-refractivity contribution in [2.45, 2.75) is 19.8 Å². The van der Waals surface area contributed by atoms with Gasteiger partial charge < -0.3 is 14.5 Å². The third kappa shape index (κ3) is 4.44. The molecule has 1 saturated heterocycles. The van der Waals surface area contributed by atoms with E-state index in [0.29, 0.717) is 45.6 Å². The number of pyridine rings is 1. The Morgan fingerprint density at radius 3 is 2.52 bits per heavy atom. The third-order valence-corrected chi connectivity index (χ3v) is 3.48. The van der Waals surface area contributed by atoms with E-state index in [9.17, 15) is 9.59 Å². The van der Waals surface area contributed by atoms with E-state index in [0.717, 1.165) is 5.69 Å². The Balaban J connectivity index is 1.74. The van der Waals surface area contributed by atoms with Crippen molar-refractivity contribution in [3.05, 3.63) is 30.1 Å². The maximum atomic E-state index is 12.1. The van der Waals surface area contributed by atoms with E-state index in [1.807, 2.05) is 18.2 Å². The molecule has 2 amide bonds. The van der Waals surface area contributed by atoms with Crippen LogP contribution in [0.15, 0.2) is 24.4 Å². The molecule has 0 spiro atoms. The first-order valence-corrected chi connectivity index (χ1v) is 7.30. The molecular formula is C15H21N3O3. The number of hydrogen-bond acceptors (Lipinski definition) is 4. The molecule has 0 aliphatic carbocycles. The van der Waals surface area contributed by atoms with E-state index < -0.39 is 0 Å². The summed E-state index contributed by atoms with van der Waals surface area (Å²) in [7, 11) is 0.